The molecule has 0 unspecified atom stereocenters. The van der Waals surface area contributed by atoms with E-state index in [0.717, 1.165) is 5.56 Å². The standard InChI is InChI=1S/C16H15ClN2O3/c17-13-7-3-1-5-11(13)9-19-15(20)10-22-14-8-4-2-6-12(14)16(18)21/h1-8H,9-10H2,(H2,18,21)(H,19,20). The molecule has 2 amide bonds. The third-order valence-corrected chi connectivity index (χ3v) is 3.31. The molecule has 0 radical (unpaired) electrons. The Balaban J connectivity index is 1.89. The van der Waals surface area contributed by atoms with Gasteiger partial charge in [-0.15, -0.1) is 0 Å². The van der Waals surface area contributed by atoms with Crippen molar-refractivity contribution in [3.63, 3.8) is 0 Å². The van der Waals surface area contributed by atoms with Crippen LogP contribution in [0.2, 0.25) is 5.02 Å². The van der Waals surface area contributed by atoms with Crippen molar-refractivity contribution in [2.75, 3.05) is 6.61 Å². The average molecular weight is 319 g/mol. The van der Waals surface area contributed by atoms with Gasteiger partial charge in [-0.25, -0.2) is 0 Å². The number of benzene rings is 2. The van der Waals surface area contributed by atoms with Crippen molar-refractivity contribution < 1.29 is 14.3 Å². The Morgan fingerprint density at radius 2 is 1.77 bits per heavy atom. The second kappa shape index (κ2) is 7.47. The first-order valence-electron chi connectivity index (χ1n) is 6.59. The molecule has 2 rings (SSSR count). The summed E-state index contributed by atoms with van der Waals surface area (Å²) in [5, 5.41) is 3.28. The van der Waals surface area contributed by atoms with Crippen molar-refractivity contribution in [2.45, 2.75) is 6.54 Å². The number of carbonyl (C=O) groups is 2. The van der Waals surface area contributed by atoms with Gasteiger partial charge in [-0.05, 0) is 23.8 Å². The second-order valence-electron chi connectivity index (χ2n) is 4.52. The molecule has 22 heavy (non-hydrogen) atoms. The molecule has 0 aliphatic heterocycles. The van der Waals surface area contributed by atoms with E-state index in [-0.39, 0.29) is 23.8 Å². The Morgan fingerprint density at radius 3 is 2.50 bits per heavy atom. The van der Waals surface area contributed by atoms with Crippen LogP contribution in [0.15, 0.2) is 48.5 Å². The van der Waals surface area contributed by atoms with Gasteiger partial charge in [0.05, 0.1) is 5.56 Å². The van der Waals surface area contributed by atoms with E-state index in [1.165, 1.54) is 0 Å². The van der Waals surface area contributed by atoms with Gasteiger partial charge in [-0.2, -0.15) is 0 Å². The van der Waals surface area contributed by atoms with Gasteiger partial charge in [0.1, 0.15) is 5.75 Å². The zero-order chi connectivity index (χ0) is 15.9. The van der Waals surface area contributed by atoms with Crippen molar-refractivity contribution in [2.24, 2.45) is 5.73 Å². The van der Waals surface area contributed by atoms with E-state index in [1.807, 2.05) is 18.2 Å². The Morgan fingerprint density at radius 1 is 1.09 bits per heavy atom. The summed E-state index contributed by atoms with van der Waals surface area (Å²) in [6.07, 6.45) is 0. The number of ether oxygens (including phenoxy) is 1. The van der Waals surface area contributed by atoms with Crippen LogP contribution < -0.4 is 15.8 Å². The number of hydrogen-bond donors (Lipinski definition) is 2. The summed E-state index contributed by atoms with van der Waals surface area (Å²) < 4.78 is 5.33. The maximum Gasteiger partial charge on any atom is 0.258 e. The molecule has 0 saturated heterocycles. The van der Waals surface area contributed by atoms with E-state index in [9.17, 15) is 9.59 Å². The fourth-order valence-corrected chi connectivity index (χ4v) is 2.03. The third kappa shape index (κ3) is 4.23. The van der Waals surface area contributed by atoms with Gasteiger partial charge in [-0.1, -0.05) is 41.9 Å². The van der Waals surface area contributed by atoms with E-state index in [2.05, 4.69) is 5.32 Å². The molecule has 0 spiro atoms. The van der Waals surface area contributed by atoms with Crippen LogP contribution in [0.5, 0.6) is 5.75 Å². The van der Waals surface area contributed by atoms with E-state index < -0.39 is 5.91 Å². The van der Waals surface area contributed by atoms with E-state index in [0.29, 0.717) is 11.6 Å². The Kier molecular flexibility index (Phi) is 5.38. The highest BCUT2D eigenvalue weighted by Gasteiger charge is 2.10. The van der Waals surface area contributed by atoms with Crippen LogP contribution >= 0.6 is 11.6 Å². The van der Waals surface area contributed by atoms with Crippen molar-refractivity contribution in [3.8, 4) is 5.75 Å². The van der Waals surface area contributed by atoms with Crippen LogP contribution in [0.4, 0.5) is 0 Å². The monoisotopic (exact) mass is 318 g/mol. The fraction of sp³-hybridized carbons (Fsp3) is 0.125. The maximum atomic E-state index is 11.8. The second-order valence-corrected chi connectivity index (χ2v) is 4.92. The van der Waals surface area contributed by atoms with Crippen LogP contribution in [0.1, 0.15) is 15.9 Å². The summed E-state index contributed by atoms with van der Waals surface area (Å²) in [5.41, 5.74) is 6.29. The highest BCUT2D eigenvalue weighted by molar-refractivity contribution is 6.31. The molecule has 0 aliphatic carbocycles. The first kappa shape index (κ1) is 15.9. The first-order chi connectivity index (χ1) is 10.6. The van der Waals surface area contributed by atoms with Crippen LogP contribution in [-0.4, -0.2) is 18.4 Å². The lowest BCUT2D eigenvalue weighted by atomic mass is 10.2. The molecule has 2 aromatic rings. The number of rotatable bonds is 6. The maximum absolute atomic E-state index is 11.8. The number of amides is 2. The number of para-hydroxylation sites is 1. The molecule has 0 fully saturated rings. The lowest BCUT2D eigenvalue weighted by Gasteiger charge is -2.10. The predicted octanol–water partition coefficient (Wildman–Crippen LogP) is 2.13. The van der Waals surface area contributed by atoms with Crippen LogP contribution in [0, 0.1) is 0 Å². The summed E-state index contributed by atoms with van der Waals surface area (Å²) in [6.45, 7) is 0.0913. The molecule has 114 valence electrons. The molecule has 2 aromatic carbocycles. The third-order valence-electron chi connectivity index (χ3n) is 2.95. The average Bonchev–Trinajstić information content (AvgIpc) is 2.52. The summed E-state index contributed by atoms with van der Waals surface area (Å²) in [7, 11) is 0. The molecule has 0 aromatic heterocycles. The first-order valence-corrected chi connectivity index (χ1v) is 6.97. The molecular weight excluding hydrogens is 304 g/mol. The molecule has 0 heterocycles. The minimum Gasteiger partial charge on any atom is -0.483 e. The molecule has 0 bridgehead atoms. The van der Waals surface area contributed by atoms with Crippen molar-refractivity contribution in [3.05, 3.63) is 64.7 Å². The summed E-state index contributed by atoms with van der Waals surface area (Å²) in [5.74, 6) is -0.644. The van der Waals surface area contributed by atoms with Gasteiger partial charge in [-0.3, -0.25) is 9.59 Å². The molecule has 6 heteroatoms. The van der Waals surface area contributed by atoms with Gasteiger partial charge in [0.15, 0.2) is 6.61 Å². The molecule has 0 aliphatic rings. The lowest BCUT2D eigenvalue weighted by molar-refractivity contribution is -0.123. The summed E-state index contributed by atoms with van der Waals surface area (Å²) >= 11 is 6.00. The van der Waals surface area contributed by atoms with Crippen molar-refractivity contribution >= 4 is 23.4 Å². The van der Waals surface area contributed by atoms with Gasteiger partial charge in [0, 0.05) is 11.6 Å². The largest absolute Gasteiger partial charge is 0.483 e. The zero-order valence-electron chi connectivity index (χ0n) is 11.7. The number of nitrogens with one attached hydrogen (secondary N) is 1. The van der Waals surface area contributed by atoms with Gasteiger partial charge < -0.3 is 15.8 Å². The van der Waals surface area contributed by atoms with Crippen LogP contribution in [-0.2, 0) is 11.3 Å². The zero-order valence-corrected chi connectivity index (χ0v) is 12.5. The Labute approximate surface area is 133 Å². The topological polar surface area (TPSA) is 81.4 Å². The van der Waals surface area contributed by atoms with E-state index >= 15 is 0 Å². The lowest BCUT2D eigenvalue weighted by Crippen LogP contribution is -2.29. The normalized spacial score (nSPS) is 10.0. The SMILES string of the molecule is NC(=O)c1ccccc1OCC(=O)NCc1ccccc1Cl. The van der Waals surface area contributed by atoms with Crippen molar-refractivity contribution in [1.82, 2.24) is 5.32 Å². The van der Waals surface area contributed by atoms with Gasteiger partial charge in [0.2, 0.25) is 0 Å². The quantitative estimate of drug-likeness (QED) is 0.856. The summed E-state index contributed by atoms with van der Waals surface area (Å²) in [4.78, 5) is 23.0. The van der Waals surface area contributed by atoms with Crippen molar-refractivity contribution in [1.29, 1.82) is 0 Å². The fourth-order valence-electron chi connectivity index (χ4n) is 1.83. The van der Waals surface area contributed by atoms with E-state index in [1.54, 1.807) is 30.3 Å². The minimum atomic E-state index is -0.605. The number of primary amides is 1. The number of halogens is 1. The molecule has 0 atom stereocenters. The smallest absolute Gasteiger partial charge is 0.258 e. The molecule has 0 saturated carbocycles. The molecule has 3 N–H and O–H groups in total. The number of carbonyl (C=O) groups excluding carboxylic acids is 2. The number of hydrogen-bond acceptors (Lipinski definition) is 3. The van der Waals surface area contributed by atoms with Crippen LogP contribution in [0.25, 0.3) is 0 Å². The van der Waals surface area contributed by atoms with Crippen LogP contribution in [0.3, 0.4) is 0 Å². The Hall–Kier alpha value is -2.53. The highest BCUT2D eigenvalue weighted by atomic mass is 35.5. The minimum absolute atomic E-state index is 0.214. The van der Waals surface area contributed by atoms with Gasteiger partial charge >= 0.3 is 0 Å². The van der Waals surface area contributed by atoms with Gasteiger partial charge in [0.25, 0.3) is 11.8 Å². The molecular formula is C16H15ClN2O3. The predicted molar refractivity (Wildman–Crippen MR) is 83.8 cm³/mol. The van der Waals surface area contributed by atoms with E-state index in [4.69, 9.17) is 22.1 Å². The highest BCUT2D eigenvalue weighted by Crippen LogP contribution is 2.17. The number of nitrogens with two attached hydrogens (primary N) is 1. The molecule has 5 nitrogen and oxygen atoms in total. The summed E-state index contributed by atoms with van der Waals surface area (Å²) in [6, 6.07) is 13.7. The Bertz CT molecular complexity index is 689.